The van der Waals surface area contributed by atoms with Crippen molar-refractivity contribution in [2.45, 2.75) is 6.42 Å². The highest BCUT2D eigenvalue weighted by atomic mass is 16.5. The average molecular weight is 232 g/mol. The van der Waals surface area contributed by atoms with E-state index < -0.39 is 5.97 Å². The number of benzene rings is 1. The minimum atomic E-state index is -0.862. The first-order chi connectivity index (χ1) is 8.15. The lowest BCUT2D eigenvalue weighted by molar-refractivity contribution is -0.136. The summed E-state index contributed by atoms with van der Waals surface area (Å²) in [4.78, 5) is 14.6. The summed E-state index contributed by atoms with van der Waals surface area (Å²) in [5, 5.41) is 8.70. The van der Waals surface area contributed by atoms with Gasteiger partial charge in [0.15, 0.2) is 0 Å². The molecule has 0 saturated carbocycles. The van der Waals surface area contributed by atoms with E-state index in [1.807, 2.05) is 7.05 Å². The van der Waals surface area contributed by atoms with Gasteiger partial charge in [0.2, 0.25) is 0 Å². The zero-order valence-corrected chi connectivity index (χ0v) is 9.33. The molecule has 1 aromatic heterocycles. The number of aliphatic carboxylic acids is 1. The van der Waals surface area contributed by atoms with Crippen molar-refractivity contribution >= 4 is 5.97 Å². The number of aromatic nitrogens is 2. The Labute approximate surface area is 98.3 Å². The third-order valence-electron chi connectivity index (χ3n) is 2.24. The summed E-state index contributed by atoms with van der Waals surface area (Å²) in [5.74, 6) is -0.280. The first kappa shape index (κ1) is 11.2. The highest BCUT2D eigenvalue weighted by Gasteiger charge is 2.05. The Morgan fingerprint density at radius 3 is 3.00 bits per heavy atom. The lowest BCUT2D eigenvalue weighted by atomic mass is 10.1. The molecule has 0 fully saturated rings. The lowest BCUT2D eigenvalue weighted by Crippen LogP contribution is -2.00. The Morgan fingerprint density at radius 2 is 2.35 bits per heavy atom. The third-order valence-corrected chi connectivity index (χ3v) is 2.24. The van der Waals surface area contributed by atoms with Crippen LogP contribution in [0.3, 0.4) is 0 Å². The maximum atomic E-state index is 10.6. The molecule has 17 heavy (non-hydrogen) atoms. The standard InChI is InChI=1S/C12H12N2O3/c1-14-6-5-13-12(14)17-10-4-2-3-9(7-10)8-11(15)16/h2-7H,8H2,1H3,(H,15,16). The van der Waals surface area contributed by atoms with Gasteiger partial charge in [-0.05, 0) is 17.7 Å². The number of aryl methyl sites for hydroxylation is 1. The van der Waals surface area contributed by atoms with Crippen LogP contribution >= 0.6 is 0 Å². The highest BCUT2D eigenvalue weighted by Crippen LogP contribution is 2.20. The van der Waals surface area contributed by atoms with Gasteiger partial charge in [0.25, 0.3) is 0 Å². The number of ether oxygens (including phenoxy) is 1. The SMILES string of the molecule is Cn1ccnc1Oc1cccc(CC(=O)O)c1. The molecule has 0 unspecified atom stereocenters. The molecule has 2 rings (SSSR count). The number of carboxylic acid groups (broad SMARTS) is 1. The Balaban J connectivity index is 2.16. The zero-order chi connectivity index (χ0) is 12.3. The van der Waals surface area contributed by atoms with Crippen molar-refractivity contribution in [2.24, 2.45) is 7.05 Å². The van der Waals surface area contributed by atoms with Crippen LogP contribution in [-0.4, -0.2) is 20.6 Å². The third kappa shape index (κ3) is 2.84. The number of hydrogen-bond donors (Lipinski definition) is 1. The second-order valence-corrected chi connectivity index (χ2v) is 3.64. The fourth-order valence-electron chi connectivity index (χ4n) is 1.45. The molecule has 0 amide bonds. The minimum absolute atomic E-state index is 0.0161. The largest absolute Gasteiger partial charge is 0.481 e. The van der Waals surface area contributed by atoms with Crippen LogP contribution in [0.5, 0.6) is 11.8 Å². The molecule has 5 heteroatoms. The van der Waals surface area contributed by atoms with Gasteiger partial charge in [-0.15, -0.1) is 0 Å². The van der Waals surface area contributed by atoms with E-state index in [9.17, 15) is 4.79 Å². The van der Waals surface area contributed by atoms with Crippen LogP contribution in [0.2, 0.25) is 0 Å². The van der Waals surface area contributed by atoms with Crippen molar-refractivity contribution in [2.75, 3.05) is 0 Å². The Bertz CT molecular complexity index is 534. The minimum Gasteiger partial charge on any atom is -0.481 e. The molecule has 2 aromatic rings. The summed E-state index contributed by atoms with van der Waals surface area (Å²) in [5.41, 5.74) is 0.698. The van der Waals surface area contributed by atoms with E-state index in [1.54, 1.807) is 41.2 Å². The molecule has 0 bridgehead atoms. The first-order valence-electron chi connectivity index (χ1n) is 5.11. The molecule has 0 spiro atoms. The van der Waals surface area contributed by atoms with Gasteiger partial charge in [-0.3, -0.25) is 4.79 Å². The van der Waals surface area contributed by atoms with Gasteiger partial charge in [-0.1, -0.05) is 12.1 Å². The van der Waals surface area contributed by atoms with Crippen LogP contribution in [0.4, 0.5) is 0 Å². The monoisotopic (exact) mass is 232 g/mol. The summed E-state index contributed by atoms with van der Waals surface area (Å²) < 4.78 is 7.27. The molecule has 0 aliphatic carbocycles. The Morgan fingerprint density at radius 1 is 1.53 bits per heavy atom. The number of carboxylic acids is 1. The van der Waals surface area contributed by atoms with Crippen LogP contribution in [0.15, 0.2) is 36.7 Å². The highest BCUT2D eigenvalue weighted by molar-refractivity contribution is 5.70. The summed E-state index contributed by atoms with van der Waals surface area (Å²) in [6.07, 6.45) is 3.39. The first-order valence-corrected chi connectivity index (χ1v) is 5.11. The second kappa shape index (κ2) is 4.69. The number of rotatable bonds is 4. The fourth-order valence-corrected chi connectivity index (χ4v) is 1.45. The van der Waals surface area contributed by atoms with Crippen LogP contribution < -0.4 is 4.74 Å². The maximum absolute atomic E-state index is 10.6. The van der Waals surface area contributed by atoms with E-state index >= 15 is 0 Å². The van der Waals surface area contributed by atoms with E-state index in [-0.39, 0.29) is 6.42 Å². The predicted octanol–water partition coefficient (Wildman–Crippen LogP) is 1.84. The van der Waals surface area contributed by atoms with Crippen LogP contribution in [0, 0.1) is 0 Å². The number of carbonyl (C=O) groups is 1. The average Bonchev–Trinajstić information content (AvgIpc) is 2.64. The van der Waals surface area contributed by atoms with Crippen molar-refractivity contribution in [1.82, 2.24) is 9.55 Å². The van der Waals surface area contributed by atoms with Gasteiger partial charge in [0, 0.05) is 19.4 Å². The van der Waals surface area contributed by atoms with Gasteiger partial charge < -0.3 is 14.4 Å². The molecule has 1 aromatic carbocycles. The molecule has 0 aliphatic heterocycles. The van der Waals surface area contributed by atoms with E-state index in [1.165, 1.54) is 0 Å². The van der Waals surface area contributed by atoms with Crippen molar-refractivity contribution < 1.29 is 14.6 Å². The summed E-state index contributed by atoms with van der Waals surface area (Å²) >= 11 is 0. The lowest BCUT2D eigenvalue weighted by Gasteiger charge is -2.06. The zero-order valence-electron chi connectivity index (χ0n) is 9.33. The number of hydrogen-bond acceptors (Lipinski definition) is 3. The van der Waals surface area contributed by atoms with Gasteiger partial charge in [0.1, 0.15) is 5.75 Å². The molecule has 88 valence electrons. The summed E-state index contributed by atoms with van der Waals surface area (Å²) in [6, 6.07) is 7.44. The smallest absolute Gasteiger partial charge is 0.307 e. The van der Waals surface area contributed by atoms with Gasteiger partial charge in [0.05, 0.1) is 6.42 Å². The van der Waals surface area contributed by atoms with Gasteiger partial charge in [-0.25, -0.2) is 4.98 Å². The molecule has 0 aliphatic rings. The molecule has 1 heterocycles. The van der Waals surface area contributed by atoms with Crippen LogP contribution in [-0.2, 0) is 18.3 Å². The predicted molar refractivity (Wildman–Crippen MR) is 61.1 cm³/mol. The molecule has 5 nitrogen and oxygen atoms in total. The summed E-state index contributed by atoms with van der Waals surface area (Å²) in [6.45, 7) is 0. The van der Waals surface area contributed by atoms with Crippen molar-refractivity contribution in [3.05, 3.63) is 42.2 Å². The van der Waals surface area contributed by atoms with E-state index in [4.69, 9.17) is 9.84 Å². The quantitative estimate of drug-likeness (QED) is 0.873. The Hall–Kier alpha value is -2.30. The van der Waals surface area contributed by atoms with E-state index in [0.29, 0.717) is 17.3 Å². The topological polar surface area (TPSA) is 64.4 Å². The normalized spacial score (nSPS) is 10.2. The van der Waals surface area contributed by atoms with Crippen LogP contribution in [0.1, 0.15) is 5.56 Å². The molecular weight excluding hydrogens is 220 g/mol. The number of imidazole rings is 1. The van der Waals surface area contributed by atoms with Crippen molar-refractivity contribution in [3.8, 4) is 11.8 Å². The molecule has 0 radical (unpaired) electrons. The second-order valence-electron chi connectivity index (χ2n) is 3.64. The molecule has 1 N–H and O–H groups in total. The fraction of sp³-hybridized carbons (Fsp3) is 0.167. The van der Waals surface area contributed by atoms with Gasteiger partial charge >= 0.3 is 12.0 Å². The van der Waals surface area contributed by atoms with Crippen LogP contribution in [0.25, 0.3) is 0 Å². The Kier molecular flexibility index (Phi) is 3.09. The molecule has 0 atom stereocenters. The molecule has 0 saturated heterocycles. The summed E-state index contributed by atoms with van der Waals surface area (Å²) in [7, 11) is 1.82. The van der Waals surface area contributed by atoms with Crippen molar-refractivity contribution in [1.29, 1.82) is 0 Å². The van der Waals surface area contributed by atoms with E-state index in [0.717, 1.165) is 0 Å². The number of nitrogens with zero attached hydrogens (tertiary/aromatic N) is 2. The molecular formula is C12H12N2O3. The van der Waals surface area contributed by atoms with E-state index in [2.05, 4.69) is 4.98 Å². The van der Waals surface area contributed by atoms with Gasteiger partial charge in [-0.2, -0.15) is 0 Å². The van der Waals surface area contributed by atoms with Crippen molar-refractivity contribution in [3.63, 3.8) is 0 Å². The maximum Gasteiger partial charge on any atom is 0.307 e.